The van der Waals surface area contributed by atoms with Crippen molar-refractivity contribution in [1.29, 1.82) is 0 Å². The summed E-state index contributed by atoms with van der Waals surface area (Å²) in [5.74, 6) is 4.85. The monoisotopic (exact) mass is 303 g/mol. The summed E-state index contributed by atoms with van der Waals surface area (Å²) in [6.45, 7) is 4.80. The molecule has 1 amide bonds. The van der Waals surface area contributed by atoms with Crippen LogP contribution in [0.4, 0.5) is 18.9 Å². The highest BCUT2D eigenvalue weighted by Crippen LogP contribution is 2.32. The molecule has 0 aliphatic heterocycles. The van der Waals surface area contributed by atoms with E-state index in [-0.39, 0.29) is 11.3 Å². The molecule has 0 unspecified atom stereocenters. The largest absolute Gasteiger partial charge is 0.416 e. The van der Waals surface area contributed by atoms with E-state index in [0.717, 1.165) is 25.0 Å². The number of nitrogen functional groups attached to an aromatic ring is 1. The van der Waals surface area contributed by atoms with E-state index in [2.05, 4.69) is 5.43 Å². The average molecular weight is 303 g/mol. The van der Waals surface area contributed by atoms with Crippen molar-refractivity contribution in [2.75, 3.05) is 18.5 Å². The Morgan fingerprint density at radius 3 is 2.24 bits per heavy atom. The average Bonchev–Trinajstić information content (AvgIpc) is 2.44. The summed E-state index contributed by atoms with van der Waals surface area (Å²) < 4.78 is 38.4. The Morgan fingerprint density at radius 2 is 1.81 bits per heavy atom. The molecule has 0 radical (unpaired) electrons. The second kappa shape index (κ2) is 7.31. The molecule has 0 saturated heterocycles. The summed E-state index contributed by atoms with van der Waals surface area (Å²) in [4.78, 5) is 14.0. The van der Waals surface area contributed by atoms with E-state index in [1.807, 2.05) is 13.8 Å². The second-order valence-electron chi connectivity index (χ2n) is 4.69. The van der Waals surface area contributed by atoms with Gasteiger partial charge < -0.3 is 10.3 Å². The van der Waals surface area contributed by atoms with Crippen LogP contribution in [0.3, 0.4) is 0 Å². The Labute approximate surface area is 122 Å². The summed E-state index contributed by atoms with van der Waals surface area (Å²) in [7, 11) is 0. The lowest BCUT2D eigenvalue weighted by Gasteiger charge is -2.23. The first kappa shape index (κ1) is 17.3. The summed E-state index contributed by atoms with van der Waals surface area (Å²) in [6, 6.07) is 2.91. The number of carbonyl (C=O) groups excluding carboxylic acids is 1. The van der Waals surface area contributed by atoms with Crippen LogP contribution >= 0.6 is 0 Å². The third kappa shape index (κ3) is 4.35. The molecule has 0 spiro atoms. The van der Waals surface area contributed by atoms with Crippen LogP contribution in [0.15, 0.2) is 18.2 Å². The van der Waals surface area contributed by atoms with Crippen molar-refractivity contribution in [1.82, 2.24) is 4.90 Å². The quantitative estimate of drug-likeness (QED) is 0.626. The van der Waals surface area contributed by atoms with Gasteiger partial charge in [0.2, 0.25) is 0 Å². The smallest absolute Gasteiger partial charge is 0.339 e. The molecule has 0 fully saturated rings. The third-order valence-corrected chi connectivity index (χ3v) is 3.01. The number of carbonyl (C=O) groups is 1. The number of anilines is 1. The number of benzene rings is 1. The number of hydrogen-bond donors (Lipinski definition) is 2. The highest BCUT2D eigenvalue weighted by Gasteiger charge is 2.32. The minimum absolute atomic E-state index is 0.0609. The molecule has 0 bridgehead atoms. The molecule has 1 aromatic carbocycles. The van der Waals surface area contributed by atoms with Crippen molar-refractivity contribution in [2.24, 2.45) is 5.84 Å². The number of hydrogen-bond acceptors (Lipinski definition) is 3. The molecule has 0 atom stereocenters. The fraction of sp³-hybridized carbons (Fsp3) is 0.500. The zero-order valence-electron chi connectivity index (χ0n) is 12.1. The maximum atomic E-state index is 12.8. The predicted octanol–water partition coefficient (Wildman–Crippen LogP) is 3.25. The molecule has 7 heteroatoms. The number of nitrogens with two attached hydrogens (primary N) is 1. The van der Waals surface area contributed by atoms with Crippen molar-refractivity contribution < 1.29 is 18.0 Å². The summed E-state index contributed by atoms with van der Waals surface area (Å²) in [6.07, 6.45) is -3.03. The normalized spacial score (nSPS) is 11.3. The molecule has 4 nitrogen and oxygen atoms in total. The van der Waals surface area contributed by atoms with Crippen LogP contribution in [0.2, 0.25) is 0 Å². The van der Waals surface area contributed by atoms with Gasteiger partial charge in [0.15, 0.2) is 0 Å². The fourth-order valence-electron chi connectivity index (χ4n) is 2.05. The lowest BCUT2D eigenvalue weighted by molar-refractivity contribution is -0.137. The van der Waals surface area contributed by atoms with Gasteiger partial charge in [0.25, 0.3) is 5.91 Å². The first-order chi connectivity index (χ1) is 9.85. The molecule has 1 aromatic rings. The van der Waals surface area contributed by atoms with Crippen molar-refractivity contribution >= 4 is 11.6 Å². The zero-order chi connectivity index (χ0) is 16.0. The third-order valence-electron chi connectivity index (χ3n) is 3.01. The molecule has 0 aromatic heterocycles. The Kier molecular flexibility index (Phi) is 6.02. The van der Waals surface area contributed by atoms with Gasteiger partial charge in [-0.3, -0.25) is 10.6 Å². The highest BCUT2D eigenvalue weighted by molar-refractivity contribution is 5.99. The number of nitrogens with zero attached hydrogens (tertiary/aromatic N) is 1. The van der Waals surface area contributed by atoms with E-state index in [4.69, 9.17) is 5.84 Å². The lowest BCUT2D eigenvalue weighted by atomic mass is 10.1. The molecule has 0 aliphatic rings. The molecule has 21 heavy (non-hydrogen) atoms. The second-order valence-corrected chi connectivity index (χ2v) is 4.69. The van der Waals surface area contributed by atoms with Gasteiger partial charge in [0, 0.05) is 13.1 Å². The highest BCUT2D eigenvalue weighted by atomic mass is 19.4. The Balaban J connectivity index is 3.21. The van der Waals surface area contributed by atoms with Crippen LogP contribution in [0, 0.1) is 0 Å². The zero-order valence-corrected chi connectivity index (χ0v) is 12.1. The Morgan fingerprint density at radius 1 is 1.24 bits per heavy atom. The van der Waals surface area contributed by atoms with Crippen LogP contribution in [0.25, 0.3) is 0 Å². The van der Waals surface area contributed by atoms with Gasteiger partial charge in [-0.15, -0.1) is 0 Å². The van der Waals surface area contributed by atoms with Crippen molar-refractivity contribution in [3.8, 4) is 0 Å². The molecule has 3 N–H and O–H groups in total. The first-order valence-electron chi connectivity index (χ1n) is 6.82. The van der Waals surface area contributed by atoms with E-state index in [1.54, 1.807) is 0 Å². The molecule has 0 aliphatic carbocycles. The van der Waals surface area contributed by atoms with Crippen LogP contribution in [-0.4, -0.2) is 23.9 Å². The Hall–Kier alpha value is -1.76. The number of rotatable bonds is 6. The first-order valence-corrected chi connectivity index (χ1v) is 6.82. The SMILES string of the molecule is CCCN(CCC)C(=O)c1cc(C(F)(F)F)ccc1NN. The number of alkyl halides is 3. The van der Waals surface area contributed by atoms with Gasteiger partial charge in [-0.1, -0.05) is 13.8 Å². The van der Waals surface area contributed by atoms with Crippen LogP contribution in [-0.2, 0) is 6.18 Å². The van der Waals surface area contributed by atoms with Gasteiger partial charge in [0.05, 0.1) is 16.8 Å². The molecule has 118 valence electrons. The van der Waals surface area contributed by atoms with Crippen molar-refractivity contribution in [3.05, 3.63) is 29.3 Å². The molecular weight excluding hydrogens is 283 g/mol. The van der Waals surface area contributed by atoms with E-state index >= 15 is 0 Å². The number of nitrogens with one attached hydrogen (secondary N) is 1. The van der Waals surface area contributed by atoms with Crippen LogP contribution < -0.4 is 11.3 Å². The van der Waals surface area contributed by atoms with Gasteiger partial charge in [0.1, 0.15) is 0 Å². The number of hydrazine groups is 1. The maximum Gasteiger partial charge on any atom is 0.416 e. The number of amides is 1. The van der Waals surface area contributed by atoms with Gasteiger partial charge in [-0.05, 0) is 31.0 Å². The van der Waals surface area contributed by atoms with Crippen molar-refractivity contribution in [3.63, 3.8) is 0 Å². The minimum atomic E-state index is -4.50. The van der Waals surface area contributed by atoms with E-state index < -0.39 is 17.6 Å². The van der Waals surface area contributed by atoms with Crippen LogP contribution in [0.5, 0.6) is 0 Å². The molecular formula is C14H20F3N3O. The van der Waals surface area contributed by atoms with Gasteiger partial charge in [-0.2, -0.15) is 13.2 Å². The fourth-order valence-corrected chi connectivity index (χ4v) is 2.05. The summed E-state index contributed by atoms with van der Waals surface area (Å²) >= 11 is 0. The predicted molar refractivity (Wildman–Crippen MR) is 75.7 cm³/mol. The van der Waals surface area contributed by atoms with Gasteiger partial charge >= 0.3 is 6.18 Å². The minimum Gasteiger partial charge on any atom is -0.339 e. The molecule has 0 saturated carbocycles. The van der Waals surface area contributed by atoms with Gasteiger partial charge in [-0.25, -0.2) is 0 Å². The Bertz CT molecular complexity index is 483. The lowest BCUT2D eigenvalue weighted by Crippen LogP contribution is -2.33. The van der Waals surface area contributed by atoms with Crippen molar-refractivity contribution in [2.45, 2.75) is 32.9 Å². The number of halogens is 3. The van der Waals surface area contributed by atoms with Crippen LogP contribution in [0.1, 0.15) is 42.6 Å². The molecule has 1 rings (SSSR count). The van der Waals surface area contributed by atoms with E-state index in [1.165, 1.54) is 11.0 Å². The summed E-state index contributed by atoms with van der Waals surface area (Å²) in [5, 5.41) is 0. The maximum absolute atomic E-state index is 12.8. The molecule has 0 heterocycles. The standard InChI is InChI=1S/C14H20F3N3O/c1-3-7-20(8-4-2)13(21)11-9-10(14(15,16)17)5-6-12(11)19-18/h5-6,9,19H,3-4,7-8,18H2,1-2H3. The van der Waals surface area contributed by atoms with E-state index in [0.29, 0.717) is 13.1 Å². The summed E-state index contributed by atoms with van der Waals surface area (Å²) in [5.41, 5.74) is 1.54. The topological polar surface area (TPSA) is 58.4 Å². The van der Waals surface area contributed by atoms with E-state index in [9.17, 15) is 18.0 Å².